The van der Waals surface area contributed by atoms with Crippen LogP contribution in [0, 0.1) is 5.92 Å². The summed E-state index contributed by atoms with van der Waals surface area (Å²) in [6.07, 6.45) is 7.02. The van der Waals surface area contributed by atoms with E-state index in [1.54, 1.807) is 0 Å². The highest BCUT2D eigenvalue weighted by molar-refractivity contribution is 7.88. The summed E-state index contributed by atoms with van der Waals surface area (Å²) in [4.78, 5) is 14.8. The maximum atomic E-state index is 12.9. The van der Waals surface area contributed by atoms with Gasteiger partial charge in [-0.05, 0) is 50.0 Å². The van der Waals surface area contributed by atoms with Gasteiger partial charge in [0.15, 0.2) is 0 Å². The molecule has 1 aliphatic carbocycles. The van der Waals surface area contributed by atoms with Gasteiger partial charge in [0.05, 0.1) is 12.2 Å². The van der Waals surface area contributed by atoms with Crippen molar-refractivity contribution in [2.45, 2.75) is 50.5 Å². The first-order chi connectivity index (χ1) is 12.4. The lowest BCUT2D eigenvalue weighted by atomic mass is 9.81. The molecule has 0 bridgehead atoms. The van der Waals surface area contributed by atoms with E-state index in [9.17, 15) is 13.2 Å². The first kappa shape index (κ1) is 19.4. The van der Waals surface area contributed by atoms with Gasteiger partial charge in [-0.3, -0.25) is 4.79 Å². The van der Waals surface area contributed by atoms with Crippen molar-refractivity contribution in [3.05, 3.63) is 35.9 Å². The molecule has 0 spiro atoms. The molecule has 144 valence electrons. The predicted molar refractivity (Wildman–Crippen MR) is 103 cm³/mol. The van der Waals surface area contributed by atoms with E-state index in [0.717, 1.165) is 38.5 Å². The van der Waals surface area contributed by atoms with Crippen LogP contribution < -0.4 is 0 Å². The normalized spacial score (nSPS) is 27.8. The van der Waals surface area contributed by atoms with E-state index in [2.05, 4.69) is 24.3 Å². The van der Waals surface area contributed by atoms with Crippen molar-refractivity contribution >= 4 is 15.9 Å². The van der Waals surface area contributed by atoms with E-state index in [1.165, 1.54) is 16.1 Å². The minimum Gasteiger partial charge on any atom is -0.342 e. The van der Waals surface area contributed by atoms with Crippen LogP contribution in [-0.4, -0.2) is 56.0 Å². The molecule has 5 nitrogen and oxygen atoms in total. The van der Waals surface area contributed by atoms with Gasteiger partial charge >= 0.3 is 0 Å². The van der Waals surface area contributed by atoms with Crippen molar-refractivity contribution in [2.75, 3.05) is 26.4 Å². The fourth-order valence-electron chi connectivity index (χ4n) is 4.43. The van der Waals surface area contributed by atoms with E-state index in [-0.39, 0.29) is 17.9 Å². The molecule has 1 atom stereocenters. The zero-order chi connectivity index (χ0) is 18.7. The largest absolute Gasteiger partial charge is 0.342 e. The van der Waals surface area contributed by atoms with Crippen molar-refractivity contribution in [2.24, 2.45) is 5.92 Å². The Morgan fingerprint density at radius 2 is 1.73 bits per heavy atom. The average molecular weight is 379 g/mol. The lowest BCUT2D eigenvalue weighted by Gasteiger charge is -2.38. The average Bonchev–Trinajstić information content (AvgIpc) is 2.67. The highest BCUT2D eigenvalue weighted by atomic mass is 32.2. The number of piperidine rings is 1. The number of nitrogens with zero attached hydrogens (tertiary/aromatic N) is 2. The molecule has 3 rings (SSSR count). The summed E-state index contributed by atoms with van der Waals surface area (Å²) in [7, 11) is -1.32. The SMILES string of the molecule is CN(C(=O)C1CCCN(S(C)(=O)=O)C1)C1CCC(c2ccccc2)CC1. The molecule has 0 radical (unpaired) electrons. The summed E-state index contributed by atoms with van der Waals surface area (Å²) >= 11 is 0. The van der Waals surface area contributed by atoms with Gasteiger partial charge in [0, 0.05) is 26.2 Å². The number of carbonyl (C=O) groups excluding carboxylic acids is 1. The zero-order valence-electron chi connectivity index (χ0n) is 15.8. The minimum absolute atomic E-state index is 0.113. The summed E-state index contributed by atoms with van der Waals surface area (Å²) in [6.45, 7) is 0.871. The number of amides is 1. The lowest BCUT2D eigenvalue weighted by molar-refractivity contribution is -0.138. The van der Waals surface area contributed by atoms with Gasteiger partial charge < -0.3 is 4.90 Å². The summed E-state index contributed by atoms with van der Waals surface area (Å²) in [5, 5.41) is 0. The van der Waals surface area contributed by atoms with Crippen LogP contribution in [0.2, 0.25) is 0 Å². The fourth-order valence-corrected chi connectivity index (χ4v) is 5.35. The maximum Gasteiger partial charge on any atom is 0.227 e. The summed E-state index contributed by atoms with van der Waals surface area (Å²) in [5.74, 6) is 0.503. The molecule has 1 saturated carbocycles. The van der Waals surface area contributed by atoms with E-state index in [1.807, 2.05) is 18.0 Å². The molecule has 26 heavy (non-hydrogen) atoms. The van der Waals surface area contributed by atoms with Crippen molar-refractivity contribution < 1.29 is 13.2 Å². The summed E-state index contributed by atoms with van der Waals surface area (Å²) in [6, 6.07) is 10.9. The van der Waals surface area contributed by atoms with Crippen molar-refractivity contribution in [1.82, 2.24) is 9.21 Å². The molecular formula is C20H30N2O3S. The smallest absolute Gasteiger partial charge is 0.227 e. The number of hydrogen-bond acceptors (Lipinski definition) is 3. The van der Waals surface area contributed by atoms with E-state index in [0.29, 0.717) is 19.0 Å². The molecule has 0 aromatic heterocycles. The van der Waals surface area contributed by atoms with Gasteiger partial charge in [0.25, 0.3) is 0 Å². The van der Waals surface area contributed by atoms with Crippen LogP contribution in [-0.2, 0) is 14.8 Å². The molecule has 2 aliphatic rings. The van der Waals surface area contributed by atoms with Crippen molar-refractivity contribution in [3.63, 3.8) is 0 Å². The summed E-state index contributed by atoms with van der Waals surface area (Å²) in [5.41, 5.74) is 1.40. The minimum atomic E-state index is -3.22. The monoisotopic (exact) mass is 378 g/mol. The molecule has 2 fully saturated rings. The van der Waals surface area contributed by atoms with Crippen LogP contribution in [0.4, 0.5) is 0 Å². The molecule has 1 unspecified atom stereocenters. The number of benzene rings is 1. The standard InChI is InChI=1S/C20H30N2O3S/c1-21(20(23)18-9-6-14-22(15-18)26(2,24)25)19-12-10-17(11-13-19)16-7-4-3-5-8-16/h3-5,7-8,17-19H,6,9-15H2,1-2H3. The van der Waals surface area contributed by atoms with E-state index < -0.39 is 10.0 Å². The second-order valence-electron chi connectivity index (χ2n) is 7.83. The Kier molecular flexibility index (Phi) is 6.03. The Morgan fingerprint density at radius 1 is 1.08 bits per heavy atom. The van der Waals surface area contributed by atoms with Gasteiger partial charge in [-0.2, -0.15) is 0 Å². The Balaban J connectivity index is 1.56. The second-order valence-corrected chi connectivity index (χ2v) is 9.81. The molecule has 1 amide bonds. The van der Waals surface area contributed by atoms with Crippen LogP contribution in [0.1, 0.15) is 50.0 Å². The Morgan fingerprint density at radius 3 is 2.35 bits per heavy atom. The number of sulfonamides is 1. The third kappa shape index (κ3) is 4.46. The molecule has 1 heterocycles. The third-order valence-electron chi connectivity index (χ3n) is 6.07. The van der Waals surface area contributed by atoms with Crippen LogP contribution >= 0.6 is 0 Å². The predicted octanol–water partition coefficient (Wildman–Crippen LogP) is 2.84. The molecule has 1 saturated heterocycles. The third-order valence-corrected chi connectivity index (χ3v) is 7.34. The Labute approximate surface area is 157 Å². The molecule has 0 N–H and O–H groups in total. The summed E-state index contributed by atoms with van der Waals surface area (Å²) < 4.78 is 25.1. The van der Waals surface area contributed by atoms with Gasteiger partial charge in [-0.1, -0.05) is 30.3 Å². The quantitative estimate of drug-likeness (QED) is 0.809. The Bertz CT molecular complexity index is 712. The Hall–Kier alpha value is -1.40. The second kappa shape index (κ2) is 8.09. The van der Waals surface area contributed by atoms with Gasteiger partial charge in [0.2, 0.25) is 15.9 Å². The first-order valence-corrected chi connectivity index (χ1v) is 11.5. The van der Waals surface area contributed by atoms with E-state index >= 15 is 0 Å². The van der Waals surface area contributed by atoms with Crippen molar-refractivity contribution in [1.29, 1.82) is 0 Å². The van der Waals surface area contributed by atoms with Crippen molar-refractivity contribution in [3.8, 4) is 0 Å². The molecular weight excluding hydrogens is 348 g/mol. The number of hydrogen-bond donors (Lipinski definition) is 0. The van der Waals surface area contributed by atoms with Gasteiger partial charge in [0.1, 0.15) is 0 Å². The zero-order valence-corrected chi connectivity index (χ0v) is 16.6. The first-order valence-electron chi connectivity index (χ1n) is 9.63. The van der Waals surface area contributed by atoms with Gasteiger partial charge in [-0.25, -0.2) is 12.7 Å². The topological polar surface area (TPSA) is 57.7 Å². The number of rotatable bonds is 4. The lowest BCUT2D eigenvalue weighted by Crippen LogP contribution is -2.48. The van der Waals surface area contributed by atoms with Crippen LogP contribution in [0.15, 0.2) is 30.3 Å². The van der Waals surface area contributed by atoms with Gasteiger partial charge in [-0.15, -0.1) is 0 Å². The molecule has 1 aromatic rings. The van der Waals surface area contributed by atoms with Crippen LogP contribution in [0.5, 0.6) is 0 Å². The van der Waals surface area contributed by atoms with E-state index in [4.69, 9.17) is 0 Å². The number of carbonyl (C=O) groups is 1. The van der Waals surface area contributed by atoms with Crippen LogP contribution in [0.3, 0.4) is 0 Å². The highest BCUT2D eigenvalue weighted by Gasteiger charge is 2.34. The molecule has 6 heteroatoms. The molecule has 1 aromatic carbocycles. The highest BCUT2D eigenvalue weighted by Crippen LogP contribution is 2.35. The maximum absolute atomic E-state index is 12.9. The fraction of sp³-hybridized carbons (Fsp3) is 0.650. The molecule has 1 aliphatic heterocycles. The van der Waals surface area contributed by atoms with Crippen LogP contribution in [0.25, 0.3) is 0 Å².